The molecular weight excluding hydrogens is 866 g/mol. The second kappa shape index (κ2) is 18.6. The fraction of sp³-hybridized carbons (Fsp3) is 0.404. The van der Waals surface area contributed by atoms with Gasteiger partial charge in [-0.05, 0) is 96.8 Å². The molecule has 14 nitrogen and oxygen atoms in total. The van der Waals surface area contributed by atoms with E-state index in [1.165, 1.54) is 42.1 Å². The first-order valence-corrected chi connectivity index (χ1v) is 23.2. The summed E-state index contributed by atoms with van der Waals surface area (Å²) >= 11 is 0. The number of benzene rings is 3. The molecule has 65 heavy (non-hydrogen) atoms. The fourth-order valence-electron chi connectivity index (χ4n) is 8.75. The normalized spacial score (nSPS) is 18.5. The van der Waals surface area contributed by atoms with Gasteiger partial charge >= 0.3 is 6.18 Å². The minimum atomic E-state index is -4.41. The number of nitro benzene ring substituents is 1. The Labute approximate surface area is 374 Å². The molecule has 344 valence electrons. The molecule has 8 rings (SSSR count). The number of anilines is 2. The van der Waals surface area contributed by atoms with Gasteiger partial charge in [-0.2, -0.15) is 13.2 Å². The van der Waals surface area contributed by atoms with Gasteiger partial charge in [-0.3, -0.25) is 19.8 Å². The Bertz CT molecular complexity index is 2740. The van der Waals surface area contributed by atoms with Crippen molar-refractivity contribution in [3.63, 3.8) is 0 Å². The number of nitrogens with one attached hydrogen (secondary N) is 2. The fourth-order valence-corrected chi connectivity index (χ4v) is 9.98. The number of aromatic amines is 1. The molecule has 0 amide bonds. The predicted octanol–water partition coefficient (Wildman–Crippen LogP) is 8.86. The lowest BCUT2D eigenvalue weighted by Crippen LogP contribution is -2.47. The van der Waals surface area contributed by atoms with Crippen molar-refractivity contribution < 1.29 is 45.5 Å². The van der Waals surface area contributed by atoms with Gasteiger partial charge < -0.3 is 29.4 Å². The number of aromatic nitrogens is 2. The van der Waals surface area contributed by atoms with Crippen LogP contribution in [0.25, 0.3) is 16.6 Å². The molecule has 4 heterocycles. The van der Waals surface area contributed by atoms with E-state index < -0.39 is 43.7 Å². The number of rotatable bonds is 14. The van der Waals surface area contributed by atoms with Crippen molar-refractivity contribution in [2.45, 2.75) is 57.2 Å². The smallest absolute Gasteiger partial charge is 0.416 e. The Balaban J connectivity index is 1.01. The molecule has 1 aliphatic carbocycles. The van der Waals surface area contributed by atoms with Crippen LogP contribution in [-0.2, 0) is 25.5 Å². The summed E-state index contributed by atoms with van der Waals surface area (Å²) in [6.45, 7) is 10.8. The van der Waals surface area contributed by atoms with E-state index in [0.717, 1.165) is 47.5 Å². The number of alkyl halides is 3. The van der Waals surface area contributed by atoms with Crippen LogP contribution >= 0.6 is 0 Å². The van der Waals surface area contributed by atoms with Gasteiger partial charge in [0.1, 0.15) is 28.6 Å². The first kappa shape index (κ1) is 45.7. The van der Waals surface area contributed by atoms with Gasteiger partial charge in [-0.1, -0.05) is 25.5 Å². The number of Topliss-reactive ketones (excluding diaryl/α,β-unsaturated/α-hetero) is 1. The quantitative estimate of drug-likeness (QED) is 0.0618. The summed E-state index contributed by atoms with van der Waals surface area (Å²) in [5, 5.41) is 15.8. The highest BCUT2D eigenvalue weighted by molar-refractivity contribution is 7.92. The number of halogens is 3. The van der Waals surface area contributed by atoms with E-state index in [-0.39, 0.29) is 40.0 Å². The highest BCUT2D eigenvalue weighted by Crippen LogP contribution is 2.45. The third-order valence-corrected chi connectivity index (χ3v) is 14.0. The summed E-state index contributed by atoms with van der Waals surface area (Å²) in [6, 6.07) is 16.1. The molecule has 0 bridgehead atoms. The lowest BCUT2D eigenvalue weighted by molar-refractivity contribution is -0.384. The zero-order valence-corrected chi connectivity index (χ0v) is 37.2. The van der Waals surface area contributed by atoms with Crippen molar-refractivity contribution in [2.75, 3.05) is 75.1 Å². The predicted molar refractivity (Wildman–Crippen MR) is 241 cm³/mol. The van der Waals surface area contributed by atoms with Crippen molar-refractivity contribution in [2.24, 2.45) is 5.41 Å². The maximum atomic E-state index is 14.0. The van der Waals surface area contributed by atoms with Crippen LogP contribution in [0.5, 0.6) is 11.5 Å². The molecule has 2 aromatic heterocycles. The van der Waals surface area contributed by atoms with E-state index in [1.807, 2.05) is 6.07 Å². The molecule has 0 spiro atoms. The van der Waals surface area contributed by atoms with E-state index in [9.17, 15) is 36.5 Å². The number of nitro groups is 1. The Morgan fingerprint density at radius 2 is 1.85 bits per heavy atom. The molecule has 18 heteroatoms. The number of pyridine rings is 1. The number of hydrogen-bond donors (Lipinski definition) is 2. The van der Waals surface area contributed by atoms with Gasteiger partial charge in [0.25, 0.3) is 5.69 Å². The number of aryl methyl sites for hydroxylation is 1. The number of carbonyl (C=O) groups excluding carboxylic acids is 1. The van der Waals surface area contributed by atoms with E-state index in [4.69, 9.17) is 14.2 Å². The monoisotopic (exact) mass is 916 g/mol. The molecule has 2 saturated heterocycles. The molecule has 2 aliphatic heterocycles. The second-order valence-electron chi connectivity index (χ2n) is 17.6. The van der Waals surface area contributed by atoms with Gasteiger partial charge in [-0.25, -0.2) is 13.4 Å². The molecule has 5 aromatic rings. The number of carbonyl (C=O) groups is 1. The molecule has 2 fully saturated rings. The van der Waals surface area contributed by atoms with Crippen LogP contribution in [0, 0.1) is 22.5 Å². The number of hydrogen-bond acceptors (Lipinski definition) is 12. The second-order valence-corrected chi connectivity index (χ2v) is 19.6. The molecule has 0 unspecified atom stereocenters. The third-order valence-electron chi connectivity index (χ3n) is 12.3. The summed E-state index contributed by atoms with van der Waals surface area (Å²) in [5.74, 6) is -1.31. The standard InChI is InChI=1S/C47H51F3N6O8S/c1-30-20-33(47(48,49)50)4-7-38(30)40-24-46(2,3)12-10-32(40)27-54-14-16-55(17-15-54)34-5-8-39(44(22-34)64-35-21-31-11-13-51-45(31)53-25-35)43(57)29-65(60,61)37-6-9-41(42(23-37)56(58)59)52-26-36-28-62-18-19-63-36/h4-9,11,13,20-23,25,36,52H,10,12,14-19,24,26-29H2,1-3H3,(H,51,53)/t36-/m0/s1. The van der Waals surface area contributed by atoms with Crippen LogP contribution in [0.1, 0.15) is 60.2 Å². The highest BCUT2D eigenvalue weighted by atomic mass is 32.2. The van der Waals surface area contributed by atoms with Gasteiger partial charge in [0, 0.05) is 68.7 Å². The summed E-state index contributed by atoms with van der Waals surface area (Å²) in [4.78, 5) is 37.0. The molecule has 2 N–H and O–H groups in total. The van der Waals surface area contributed by atoms with Crippen LogP contribution in [-0.4, -0.2) is 105 Å². The zero-order chi connectivity index (χ0) is 46.1. The number of nitrogens with zero attached hydrogens (tertiary/aromatic N) is 4. The molecule has 3 aliphatic rings. The van der Waals surface area contributed by atoms with E-state index in [2.05, 4.69) is 38.9 Å². The van der Waals surface area contributed by atoms with Gasteiger partial charge in [0.05, 0.1) is 53.1 Å². The van der Waals surface area contributed by atoms with Crippen LogP contribution in [0.2, 0.25) is 0 Å². The first-order chi connectivity index (χ1) is 30.9. The van der Waals surface area contributed by atoms with E-state index in [0.29, 0.717) is 69.5 Å². The van der Waals surface area contributed by atoms with E-state index in [1.54, 1.807) is 37.4 Å². The lowest BCUT2D eigenvalue weighted by Gasteiger charge is -2.39. The average Bonchev–Trinajstić information content (AvgIpc) is 3.74. The Kier molecular flexibility index (Phi) is 13.1. The number of allylic oxidation sites excluding steroid dienone is 1. The van der Waals surface area contributed by atoms with E-state index >= 15 is 0 Å². The summed E-state index contributed by atoms with van der Waals surface area (Å²) < 4.78 is 85.5. The number of ether oxygens (including phenoxy) is 3. The van der Waals surface area contributed by atoms with Crippen molar-refractivity contribution in [3.05, 3.63) is 117 Å². The van der Waals surface area contributed by atoms with Crippen LogP contribution < -0.4 is 15.0 Å². The summed E-state index contributed by atoms with van der Waals surface area (Å²) in [7, 11) is -4.38. The summed E-state index contributed by atoms with van der Waals surface area (Å²) in [5.41, 5.74) is 4.22. The van der Waals surface area contributed by atoms with Crippen molar-refractivity contribution >= 4 is 49.3 Å². The zero-order valence-electron chi connectivity index (χ0n) is 36.4. The van der Waals surface area contributed by atoms with Crippen molar-refractivity contribution in [3.8, 4) is 11.5 Å². The largest absolute Gasteiger partial charge is 0.455 e. The summed E-state index contributed by atoms with van der Waals surface area (Å²) in [6.07, 6.45) is 1.08. The minimum absolute atomic E-state index is 0.00543. The van der Waals surface area contributed by atoms with Gasteiger partial charge in [0.2, 0.25) is 0 Å². The SMILES string of the molecule is Cc1cc(C(F)(F)F)ccc1C1=C(CN2CCN(c3ccc(C(=O)CS(=O)(=O)c4ccc(NC[C@H]5COCCO5)c([N+](=O)[O-])c4)c(Oc4cnc5[nH]ccc5c4)c3)CC2)CCC(C)(C)C1. The maximum Gasteiger partial charge on any atom is 0.416 e. The van der Waals surface area contributed by atoms with Crippen LogP contribution in [0.3, 0.4) is 0 Å². The highest BCUT2D eigenvalue weighted by Gasteiger charge is 2.34. The first-order valence-electron chi connectivity index (χ1n) is 21.5. The Morgan fingerprint density at radius 3 is 2.57 bits per heavy atom. The van der Waals surface area contributed by atoms with Crippen LogP contribution in [0.4, 0.5) is 30.2 Å². The van der Waals surface area contributed by atoms with Crippen molar-refractivity contribution in [1.82, 2.24) is 14.9 Å². The number of sulfone groups is 1. The maximum absolute atomic E-state index is 14.0. The number of ketones is 1. The number of piperazine rings is 1. The van der Waals surface area contributed by atoms with Crippen LogP contribution in [0.15, 0.2) is 89.6 Å². The molecule has 0 radical (unpaired) electrons. The van der Waals surface area contributed by atoms with Gasteiger partial charge in [0.15, 0.2) is 15.6 Å². The Hall–Kier alpha value is -5.82. The molecule has 1 atom stereocenters. The topological polar surface area (TPSA) is 169 Å². The van der Waals surface area contributed by atoms with Crippen molar-refractivity contribution in [1.29, 1.82) is 0 Å². The molecule has 3 aromatic carbocycles. The Morgan fingerprint density at radius 1 is 1.05 bits per heavy atom. The number of fused-ring (bicyclic) bond motifs is 1. The average molecular weight is 917 g/mol. The molecular formula is C47H51F3N6O8S. The third kappa shape index (κ3) is 10.7. The minimum Gasteiger partial charge on any atom is -0.455 e. The lowest BCUT2D eigenvalue weighted by atomic mass is 9.72. The number of H-pyrrole nitrogens is 1. The van der Waals surface area contributed by atoms with Gasteiger partial charge in [-0.15, -0.1) is 0 Å². The molecule has 0 saturated carbocycles.